The molecule has 1 aromatic carbocycles. The van der Waals surface area contributed by atoms with Crippen molar-refractivity contribution in [3.8, 4) is 0 Å². The number of hydrogen-bond donors (Lipinski definition) is 0. The first-order valence-corrected chi connectivity index (χ1v) is 6.75. The zero-order chi connectivity index (χ0) is 13.4. The minimum Gasteiger partial charge on any atom is -0.258 e. The number of alkyl halides is 1. The van der Waals surface area contributed by atoms with Crippen molar-refractivity contribution in [1.29, 1.82) is 0 Å². The number of fused-ring (bicyclic) bond motifs is 1. The summed E-state index contributed by atoms with van der Waals surface area (Å²) >= 11 is 6.30. The van der Waals surface area contributed by atoms with Crippen molar-refractivity contribution < 1.29 is 4.92 Å². The Kier molecular flexibility index (Phi) is 3.11. The fourth-order valence-electron chi connectivity index (χ4n) is 2.21. The van der Waals surface area contributed by atoms with E-state index in [0.717, 1.165) is 23.0 Å². The lowest BCUT2D eigenvalue weighted by atomic mass is 10.1. The maximum Gasteiger partial charge on any atom is 0.270 e. The summed E-state index contributed by atoms with van der Waals surface area (Å²) in [6.45, 7) is 0. The highest BCUT2D eigenvalue weighted by molar-refractivity contribution is 6.21. The molecule has 0 amide bonds. The lowest BCUT2D eigenvalue weighted by molar-refractivity contribution is -0.384. The quantitative estimate of drug-likeness (QED) is 0.486. The highest BCUT2D eigenvalue weighted by Crippen LogP contribution is 2.37. The molecule has 1 saturated carbocycles. The van der Waals surface area contributed by atoms with Crippen LogP contribution in [0.1, 0.15) is 18.5 Å². The zero-order valence-electron chi connectivity index (χ0n) is 10.3. The second-order valence-electron chi connectivity index (χ2n) is 4.99. The third-order valence-corrected chi connectivity index (χ3v) is 3.99. The molecule has 1 unspecified atom stereocenters. The number of pyridine rings is 1. The number of nitrogens with zero attached hydrogens (tertiary/aromatic N) is 2. The minimum atomic E-state index is -0.394. The molecule has 1 aromatic heterocycles. The van der Waals surface area contributed by atoms with Gasteiger partial charge in [0, 0.05) is 35.0 Å². The van der Waals surface area contributed by atoms with Gasteiger partial charge in [-0.1, -0.05) is 6.07 Å². The van der Waals surface area contributed by atoms with E-state index in [0.29, 0.717) is 5.92 Å². The molecule has 3 rings (SSSR count). The predicted molar refractivity (Wildman–Crippen MR) is 74.5 cm³/mol. The van der Waals surface area contributed by atoms with Crippen molar-refractivity contribution in [2.24, 2.45) is 5.92 Å². The number of benzene rings is 1. The Morgan fingerprint density at radius 1 is 1.37 bits per heavy atom. The summed E-state index contributed by atoms with van der Waals surface area (Å²) in [5, 5.41) is 11.6. The van der Waals surface area contributed by atoms with E-state index >= 15 is 0 Å². The van der Waals surface area contributed by atoms with Gasteiger partial charge >= 0.3 is 0 Å². The van der Waals surface area contributed by atoms with Gasteiger partial charge in [0.1, 0.15) is 0 Å². The fourth-order valence-corrected chi connectivity index (χ4v) is 2.62. The summed E-state index contributed by atoms with van der Waals surface area (Å²) in [7, 11) is 0. The molecule has 0 saturated heterocycles. The summed E-state index contributed by atoms with van der Waals surface area (Å²) < 4.78 is 0. The molecule has 0 N–H and O–H groups in total. The van der Waals surface area contributed by atoms with Crippen molar-refractivity contribution in [2.45, 2.75) is 24.6 Å². The highest BCUT2D eigenvalue weighted by atomic mass is 35.5. The molecular weight excluding hydrogens is 264 g/mol. The van der Waals surface area contributed by atoms with E-state index < -0.39 is 4.92 Å². The molecule has 98 valence electrons. The molecule has 1 atom stereocenters. The summed E-state index contributed by atoms with van der Waals surface area (Å²) in [5.41, 5.74) is 1.83. The summed E-state index contributed by atoms with van der Waals surface area (Å²) in [6, 6.07) is 8.51. The molecular formula is C14H13ClN2O2. The van der Waals surface area contributed by atoms with Crippen LogP contribution in [0.2, 0.25) is 0 Å². The number of nitro benzene ring substituents is 1. The van der Waals surface area contributed by atoms with Crippen LogP contribution in [-0.4, -0.2) is 15.3 Å². The van der Waals surface area contributed by atoms with Crippen LogP contribution in [-0.2, 0) is 6.42 Å². The Bertz CT molecular complexity index is 640. The average Bonchev–Trinajstić information content (AvgIpc) is 3.22. The topological polar surface area (TPSA) is 56.0 Å². The molecule has 0 aliphatic heterocycles. The van der Waals surface area contributed by atoms with Crippen LogP contribution in [0.15, 0.2) is 30.3 Å². The van der Waals surface area contributed by atoms with Gasteiger partial charge in [0.2, 0.25) is 0 Å². The average molecular weight is 277 g/mol. The van der Waals surface area contributed by atoms with E-state index in [1.807, 2.05) is 12.1 Å². The summed E-state index contributed by atoms with van der Waals surface area (Å²) in [6.07, 6.45) is 3.20. The lowest BCUT2D eigenvalue weighted by Gasteiger charge is -2.07. The van der Waals surface area contributed by atoms with Crippen molar-refractivity contribution >= 4 is 28.2 Å². The lowest BCUT2D eigenvalue weighted by Crippen LogP contribution is -2.07. The smallest absolute Gasteiger partial charge is 0.258 e. The van der Waals surface area contributed by atoms with Crippen LogP contribution in [0, 0.1) is 16.0 Å². The Hall–Kier alpha value is -1.68. The first-order valence-electron chi connectivity index (χ1n) is 6.31. The van der Waals surface area contributed by atoms with Gasteiger partial charge in [0.15, 0.2) is 0 Å². The van der Waals surface area contributed by atoms with Crippen LogP contribution in [0.25, 0.3) is 10.9 Å². The van der Waals surface area contributed by atoms with Crippen LogP contribution in [0.4, 0.5) is 5.69 Å². The molecule has 1 heterocycles. The van der Waals surface area contributed by atoms with E-state index in [1.54, 1.807) is 12.1 Å². The third-order valence-electron chi connectivity index (χ3n) is 3.48. The predicted octanol–water partition coefficient (Wildman–Crippen LogP) is 3.70. The molecule has 4 nitrogen and oxygen atoms in total. The Morgan fingerprint density at radius 3 is 2.84 bits per heavy atom. The molecule has 0 bridgehead atoms. The van der Waals surface area contributed by atoms with Crippen molar-refractivity contribution in [1.82, 2.24) is 4.98 Å². The molecule has 5 heteroatoms. The van der Waals surface area contributed by atoms with E-state index in [2.05, 4.69) is 4.98 Å². The van der Waals surface area contributed by atoms with Gasteiger partial charge in [-0.05, 0) is 30.9 Å². The molecule has 1 aliphatic rings. The maximum atomic E-state index is 10.7. The summed E-state index contributed by atoms with van der Waals surface area (Å²) in [4.78, 5) is 14.8. The second-order valence-corrected chi connectivity index (χ2v) is 5.55. The standard InChI is InChI=1S/C14H13ClN2O2/c15-13(9-1-2-9)8-11-4-3-10-7-12(17(18)19)5-6-14(10)16-11/h3-7,9,13H,1-2,8H2. The van der Waals surface area contributed by atoms with Gasteiger partial charge in [-0.3, -0.25) is 15.1 Å². The Morgan fingerprint density at radius 2 is 2.16 bits per heavy atom. The van der Waals surface area contributed by atoms with Gasteiger partial charge in [-0.2, -0.15) is 0 Å². The molecule has 1 fully saturated rings. The van der Waals surface area contributed by atoms with Crippen LogP contribution in [0.3, 0.4) is 0 Å². The largest absolute Gasteiger partial charge is 0.270 e. The molecule has 19 heavy (non-hydrogen) atoms. The Balaban J connectivity index is 1.88. The second kappa shape index (κ2) is 4.78. The number of rotatable bonds is 4. The van der Waals surface area contributed by atoms with Crippen LogP contribution < -0.4 is 0 Å². The number of hydrogen-bond acceptors (Lipinski definition) is 3. The number of non-ortho nitro benzene ring substituents is 1. The number of halogens is 1. The van der Waals surface area contributed by atoms with E-state index in [4.69, 9.17) is 11.6 Å². The molecule has 2 aromatic rings. The number of nitro groups is 1. The van der Waals surface area contributed by atoms with Crippen LogP contribution >= 0.6 is 11.6 Å². The monoisotopic (exact) mass is 276 g/mol. The minimum absolute atomic E-state index is 0.0928. The van der Waals surface area contributed by atoms with Gasteiger partial charge < -0.3 is 0 Å². The van der Waals surface area contributed by atoms with Crippen molar-refractivity contribution in [3.63, 3.8) is 0 Å². The number of aromatic nitrogens is 1. The summed E-state index contributed by atoms with van der Waals surface area (Å²) in [5.74, 6) is 0.635. The van der Waals surface area contributed by atoms with Crippen molar-refractivity contribution in [3.05, 3.63) is 46.1 Å². The van der Waals surface area contributed by atoms with Gasteiger partial charge in [0.05, 0.1) is 10.4 Å². The van der Waals surface area contributed by atoms with E-state index in [9.17, 15) is 10.1 Å². The highest BCUT2D eigenvalue weighted by Gasteiger charge is 2.29. The van der Waals surface area contributed by atoms with Crippen molar-refractivity contribution in [2.75, 3.05) is 0 Å². The first kappa shape index (κ1) is 12.4. The normalized spacial score (nSPS) is 16.5. The first-order chi connectivity index (χ1) is 9.13. The SMILES string of the molecule is O=[N+]([O-])c1ccc2nc(CC(Cl)C3CC3)ccc2c1. The third kappa shape index (κ3) is 2.68. The fraction of sp³-hybridized carbons (Fsp3) is 0.357. The zero-order valence-corrected chi connectivity index (χ0v) is 11.0. The molecule has 0 radical (unpaired) electrons. The van der Waals surface area contributed by atoms with Gasteiger partial charge in [0.25, 0.3) is 5.69 Å². The van der Waals surface area contributed by atoms with E-state index in [1.165, 1.54) is 18.9 Å². The van der Waals surface area contributed by atoms with E-state index in [-0.39, 0.29) is 11.1 Å². The maximum absolute atomic E-state index is 10.7. The van der Waals surface area contributed by atoms with Gasteiger partial charge in [-0.15, -0.1) is 11.6 Å². The molecule has 1 aliphatic carbocycles. The van der Waals surface area contributed by atoms with Crippen LogP contribution in [0.5, 0.6) is 0 Å². The van der Waals surface area contributed by atoms with Gasteiger partial charge in [-0.25, -0.2) is 0 Å². The molecule has 0 spiro atoms. The Labute approximate surface area is 115 Å².